The van der Waals surface area contributed by atoms with Crippen molar-refractivity contribution in [3.63, 3.8) is 0 Å². The van der Waals surface area contributed by atoms with E-state index in [0.29, 0.717) is 13.2 Å². The van der Waals surface area contributed by atoms with Crippen molar-refractivity contribution >= 4 is 11.9 Å². The van der Waals surface area contributed by atoms with Gasteiger partial charge < -0.3 is 19.8 Å². The summed E-state index contributed by atoms with van der Waals surface area (Å²) >= 11 is 0. The molecule has 0 bridgehead atoms. The first kappa shape index (κ1) is 14.9. The third-order valence-corrected chi connectivity index (χ3v) is 3.01. The van der Waals surface area contributed by atoms with Gasteiger partial charge in [0.15, 0.2) is 0 Å². The molecule has 6 nitrogen and oxygen atoms in total. The van der Waals surface area contributed by atoms with Crippen molar-refractivity contribution in [2.45, 2.75) is 26.9 Å². The predicted octanol–water partition coefficient (Wildman–Crippen LogP) is -0.0470. The Hall–Kier alpha value is -1.14. The molecule has 0 saturated carbocycles. The largest absolute Gasteiger partial charge is 0.481 e. The van der Waals surface area contributed by atoms with Gasteiger partial charge in [0.05, 0.1) is 19.3 Å². The third-order valence-electron chi connectivity index (χ3n) is 3.01. The first-order chi connectivity index (χ1) is 8.27. The summed E-state index contributed by atoms with van der Waals surface area (Å²) in [5.74, 6) is -2.59. The number of hydrogen-bond donors (Lipinski definition) is 2. The second-order valence-electron chi connectivity index (χ2n) is 5.60. The number of ether oxygens (including phenoxy) is 1. The zero-order valence-corrected chi connectivity index (χ0v) is 11.0. The molecule has 0 aromatic heterocycles. The van der Waals surface area contributed by atoms with Crippen LogP contribution in [0.4, 0.5) is 0 Å². The van der Waals surface area contributed by atoms with E-state index in [1.54, 1.807) is 20.8 Å². The Kier molecular flexibility index (Phi) is 4.70. The van der Waals surface area contributed by atoms with Gasteiger partial charge in [0.25, 0.3) is 0 Å². The van der Waals surface area contributed by atoms with Gasteiger partial charge in [-0.25, -0.2) is 0 Å². The van der Waals surface area contributed by atoms with E-state index in [-0.39, 0.29) is 13.2 Å². The fourth-order valence-corrected chi connectivity index (χ4v) is 2.06. The summed E-state index contributed by atoms with van der Waals surface area (Å²) in [4.78, 5) is 25.0. The van der Waals surface area contributed by atoms with Crippen molar-refractivity contribution in [3.05, 3.63) is 0 Å². The summed E-state index contributed by atoms with van der Waals surface area (Å²) in [5, 5.41) is 18.2. The number of amides is 1. The zero-order chi connectivity index (χ0) is 13.9. The maximum Gasteiger partial charge on any atom is 0.316 e. The van der Waals surface area contributed by atoms with Crippen LogP contribution in [0.25, 0.3) is 0 Å². The number of carboxylic acids is 1. The lowest BCUT2D eigenvalue weighted by Crippen LogP contribution is -2.52. The van der Waals surface area contributed by atoms with Crippen molar-refractivity contribution in [3.8, 4) is 0 Å². The van der Waals surface area contributed by atoms with Gasteiger partial charge in [-0.1, -0.05) is 20.8 Å². The van der Waals surface area contributed by atoms with Gasteiger partial charge in [-0.15, -0.1) is 0 Å². The SMILES string of the molecule is CC(C)(C)C(C(=O)O)C(=O)N1CCOC(CO)C1. The van der Waals surface area contributed by atoms with E-state index in [1.165, 1.54) is 4.90 Å². The topological polar surface area (TPSA) is 87.1 Å². The number of carbonyl (C=O) groups is 2. The number of aliphatic carboxylic acids is 1. The molecule has 104 valence electrons. The van der Waals surface area contributed by atoms with E-state index in [4.69, 9.17) is 9.84 Å². The summed E-state index contributed by atoms with van der Waals surface area (Å²) in [5.41, 5.74) is -0.643. The fourth-order valence-electron chi connectivity index (χ4n) is 2.06. The minimum atomic E-state index is -1.11. The average molecular weight is 259 g/mol. The quantitative estimate of drug-likeness (QED) is 0.694. The number of carboxylic acid groups (broad SMARTS) is 1. The lowest BCUT2D eigenvalue weighted by molar-refractivity contribution is -0.160. The number of aliphatic hydroxyl groups excluding tert-OH is 1. The molecule has 1 aliphatic heterocycles. The second kappa shape index (κ2) is 5.67. The van der Waals surface area contributed by atoms with Gasteiger partial charge >= 0.3 is 5.97 Å². The molecule has 6 heteroatoms. The molecule has 2 unspecified atom stereocenters. The molecule has 2 N–H and O–H groups in total. The maximum atomic E-state index is 12.3. The standard InChI is InChI=1S/C12H21NO5/c1-12(2,3)9(11(16)17)10(15)13-4-5-18-8(6-13)7-14/h8-9,14H,4-7H2,1-3H3,(H,16,17). The molecule has 0 aromatic rings. The summed E-state index contributed by atoms with van der Waals surface area (Å²) < 4.78 is 5.24. The highest BCUT2D eigenvalue weighted by Gasteiger charge is 2.41. The Labute approximate surface area is 107 Å². The van der Waals surface area contributed by atoms with Crippen LogP contribution in [-0.2, 0) is 14.3 Å². The first-order valence-corrected chi connectivity index (χ1v) is 6.01. The van der Waals surface area contributed by atoms with E-state index in [2.05, 4.69) is 0 Å². The smallest absolute Gasteiger partial charge is 0.316 e. The van der Waals surface area contributed by atoms with Gasteiger partial charge in [0.2, 0.25) is 5.91 Å². The van der Waals surface area contributed by atoms with Gasteiger partial charge in [0.1, 0.15) is 5.92 Å². The Balaban J connectivity index is 2.80. The molecular formula is C12H21NO5. The van der Waals surface area contributed by atoms with E-state index < -0.39 is 29.3 Å². The van der Waals surface area contributed by atoms with Crippen LogP contribution in [0, 0.1) is 11.3 Å². The third kappa shape index (κ3) is 3.43. The van der Waals surface area contributed by atoms with Crippen LogP contribution >= 0.6 is 0 Å². The number of nitrogens with zero attached hydrogens (tertiary/aromatic N) is 1. The molecule has 1 aliphatic rings. The number of hydrogen-bond acceptors (Lipinski definition) is 4. The monoisotopic (exact) mass is 259 g/mol. The van der Waals surface area contributed by atoms with Gasteiger partial charge in [-0.3, -0.25) is 9.59 Å². The van der Waals surface area contributed by atoms with Gasteiger partial charge in [-0.2, -0.15) is 0 Å². The highest BCUT2D eigenvalue weighted by atomic mass is 16.5. The van der Waals surface area contributed by atoms with Crippen molar-refractivity contribution < 1.29 is 24.5 Å². The Morgan fingerprint density at radius 2 is 2.06 bits per heavy atom. The lowest BCUT2D eigenvalue weighted by atomic mass is 9.79. The van der Waals surface area contributed by atoms with E-state index in [9.17, 15) is 14.7 Å². The molecule has 1 saturated heterocycles. The molecule has 0 aliphatic carbocycles. The van der Waals surface area contributed by atoms with Gasteiger partial charge in [-0.05, 0) is 5.41 Å². The first-order valence-electron chi connectivity index (χ1n) is 6.01. The van der Waals surface area contributed by atoms with Gasteiger partial charge in [0, 0.05) is 13.1 Å². The highest BCUT2D eigenvalue weighted by molar-refractivity contribution is 5.97. The van der Waals surface area contributed by atoms with Crippen LogP contribution in [0.1, 0.15) is 20.8 Å². The van der Waals surface area contributed by atoms with Crippen LogP contribution in [0.2, 0.25) is 0 Å². The minimum absolute atomic E-state index is 0.170. The van der Waals surface area contributed by atoms with Crippen LogP contribution in [0.3, 0.4) is 0 Å². The molecule has 1 amide bonds. The number of rotatable bonds is 3. The summed E-state index contributed by atoms with van der Waals surface area (Å²) in [6, 6.07) is 0. The molecule has 1 rings (SSSR count). The number of morpholine rings is 1. The molecule has 1 heterocycles. The normalized spacial score (nSPS) is 22.7. The minimum Gasteiger partial charge on any atom is -0.481 e. The average Bonchev–Trinajstić information content (AvgIpc) is 2.26. The molecule has 0 aromatic carbocycles. The molecule has 2 atom stereocenters. The van der Waals surface area contributed by atoms with Crippen LogP contribution in [-0.4, -0.2) is 59.4 Å². The Morgan fingerprint density at radius 3 is 2.50 bits per heavy atom. The van der Waals surface area contributed by atoms with E-state index in [1.807, 2.05) is 0 Å². The molecule has 1 fully saturated rings. The fraction of sp³-hybridized carbons (Fsp3) is 0.833. The zero-order valence-electron chi connectivity index (χ0n) is 11.0. The summed E-state index contributed by atoms with van der Waals surface area (Å²) in [7, 11) is 0. The number of aliphatic hydroxyl groups is 1. The second-order valence-corrected chi connectivity index (χ2v) is 5.60. The van der Waals surface area contributed by atoms with Crippen molar-refractivity contribution in [2.24, 2.45) is 11.3 Å². The predicted molar refractivity (Wildman–Crippen MR) is 64.0 cm³/mol. The van der Waals surface area contributed by atoms with Crippen LogP contribution in [0.5, 0.6) is 0 Å². The van der Waals surface area contributed by atoms with Crippen LogP contribution in [0.15, 0.2) is 0 Å². The van der Waals surface area contributed by atoms with E-state index in [0.717, 1.165) is 0 Å². The van der Waals surface area contributed by atoms with Crippen molar-refractivity contribution in [1.82, 2.24) is 4.90 Å². The van der Waals surface area contributed by atoms with Crippen molar-refractivity contribution in [1.29, 1.82) is 0 Å². The van der Waals surface area contributed by atoms with Crippen molar-refractivity contribution in [2.75, 3.05) is 26.3 Å². The summed E-state index contributed by atoms with van der Waals surface area (Å²) in [6.07, 6.45) is -0.419. The summed E-state index contributed by atoms with van der Waals surface area (Å²) in [6.45, 7) is 5.96. The lowest BCUT2D eigenvalue weighted by Gasteiger charge is -2.36. The molecular weight excluding hydrogens is 238 g/mol. The number of carbonyl (C=O) groups excluding carboxylic acids is 1. The maximum absolute atomic E-state index is 12.3. The molecule has 18 heavy (non-hydrogen) atoms. The van der Waals surface area contributed by atoms with E-state index >= 15 is 0 Å². The Bertz CT molecular complexity index is 323. The highest BCUT2D eigenvalue weighted by Crippen LogP contribution is 2.28. The van der Waals surface area contributed by atoms with Crippen LogP contribution < -0.4 is 0 Å². The molecule has 0 radical (unpaired) electrons. The Morgan fingerprint density at radius 1 is 1.44 bits per heavy atom. The molecule has 0 spiro atoms.